The van der Waals surface area contributed by atoms with Gasteiger partial charge in [-0.05, 0) is 31.5 Å². The zero-order chi connectivity index (χ0) is 11.2. The van der Waals surface area contributed by atoms with Gasteiger partial charge in [0.25, 0.3) is 0 Å². The van der Waals surface area contributed by atoms with Crippen LogP contribution in [0.2, 0.25) is 0 Å². The number of rotatable bonds is 5. The van der Waals surface area contributed by atoms with Crippen molar-refractivity contribution < 1.29 is 0 Å². The Balaban J connectivity index is 2.02. The van der Waals surface area contributed by atoms with Gasteiger partial charge in [0.05, 0.1) is 0 Å². The van der Waals surface area contributed by atoms with Crippen LogP contribution in [0.1, 0.15) is 12.8 Å². The first-order chi connectivity index (χ1) is 7.90. The van der Waals surface area contributed by atoms with E-state index in [1.807, 2.05) is 12.1 Å². The van der Waals surface area contributed by atoms with E-state index in [0.29, 0.717) is 5.65 Å². The minimum absolute atomic E-state index is 0.673. The van der Waals surface area contributed by atoms with E-state index < -0.39 is 0 Å². The zero-order valence-corrected chi connectivity index (χ0v) is 9.06. The molecule has 0 radical (unpaired) electrons. The molecule has 5 nitrogen and oxygen atoms in total. The molecule has 2 heterocycles. The fourth-order valence-electron chi connectivity index (χ4n) is 1.44. The van der Waals surface area contributed by atoms with E-state index in [1.54, 1.807) is 12.4 Å². The quantitative estimate of drug-likeness (QED) is 0.735. The van der Waals surface area contributed by atoms with Crippen LogP contribution in [0.3, 0.4) is 0 Å². The number of hydrogen-bond donors (Lipinski definition) is 2. The van der Waals surface area contributed by atoms with Crippen LogP contribution in [0.25, 0.3) is 11.2 Å². The SMILES string of the molecule is NCCCCNc1ccc2nccnc2n1. The lowest BCUT2D eigenvalue weighted by atomic mass is 10.3. The van der Waals surface area contributed by atoms with Gasteiger partial charge in [-0.25, -0.2) is 9.97 Å². The number of pyridine rings is 1. The molecule has 84 valence electrons. The van der Waals surface area contributed by atoms with E-state index in [2.05, 4.69) is 20.3 Å². The van der Waals surface area contributed by atoms with Crippen molar-refractivity contribution in [2.45, 2.75) is 12.8 Å². The van der Waals surface area contributed by atoms with Crippen LogP contribution in [-0.4, -0.2) is 28.0 Å². The van der Waals surface area contributed by atoms with E-state index >= 15 is 0 Å². The summed E-state index contributed by atoms with van der Waals surface area (Å²) in [6, 6.07) is 3.83. The Morgan fingerprint density at radius 3 is 2.88 bits per heavy atom. The van der Waals surface area contributed by atoms with E-state index in [4.69, 9.17) is 5.73 Å². The molecule has 0 fully saturated rings. The summed E-state index contributed by atoms with van der Waals surface area (Å²) in [7, 11) is 0. The normalized spacial score (nSPS) is 10.6. The number of nitrogens with zero attached hydrogens (tertiary/aromatic N) is 3. The average molecular weight is 217 g/mol. The van der Waals surface area contributed by atoms with Crippen molar-refractivity contribution in [1.29, 1.82) is 0 Å². The maximum absolute atomic E-state index is 5.42. The third-order valence-electron chi connectivity index (χ3n) is 2.27. The van der Waals surface area contributed by atoms with Crippen LogP contribution in [-0.2, 0) is 0 Å². The minimum atomic E-state index is 0.673. The largest absolute Gasteiger partial charge is 0.370 e. The van der Waals surface area contributed by atoms with Gasteiger partial charge in [0.15, 0.2) is 5.65 Å². The number of aromatic nitrogens is 3. The summed E-state index contributed by atoms with van der Waals surface area (Å²) in [6.07, 6.45) is 5.39. The first kappa shape index (κ1) is 10.8. The second-order valence-electron chi connectivity index (χ2n) is 3.52. The number of hydrogen-bond acceptors (Lipinski definition) is 5. The molecule has 2 aromatic heterocycles. The van der Waals surface area contributed by atoms with Gasteiger partial charge in [-0.15, -0.1) is 0 Å². The van der Waals surface area contributed by atoms with E-state index in [-0.39, 0.29) is 0 Å². The monoisotopic (exact) mass is 217 g/mol. The molecular weight excluding hydrogens is 202 g/mol. The number of anilines is 1. The van der Waals surface area contributed by atoms with Crippen molar-refractivity contribution in [2.24, 2.45) is 5.73 Å². The lowest BCUT2D eigenvalue weighted by Crippen LogP contribution is -2.06. The van der Waals surface area contributed by atoms with Gasteiger partial charge < -0.3 is 11.1 Å². The molecular formula is C11H15N5. The van der Waals surface area contributed by atoms with Gasteiger partial charge in [0, 0.05) is 18.9 Å². The van der Waals surface area contributed by atoms with E-state index in [9.17, 15) is 0 Å². The molecule has 0 saturated carbocycles. The van der Waals surface area contributed by atoms with E-state index in [0.717, 1.165) is 37.3 Å². The summed E-state index contributed by atoms with van der Waals surface area (Å²) in [5.74, 6) is 0.838. The highest BCUT2D eigenvalue weighted by atomic mass is 15.0. The summed E-state index contributed by atoms with van der Waals surface area (Å²) in [4.78, 5) is 12.7. The molecule has 0 atom stereocenters. The molecule has 0 aliphatic carbocycles. The van der Waals surface area contributed by atoms with Crippen molar-refractivity contribution in [2.75, 3.05) is 18.4 Å². The number of nitrogens with two attached hydrogens (primary N) is 1. The predicted molar refractivity (Wildman–Crippen MR) is 64.1 cm³/mol. The Labute approximate surface area is 94.1 Å². The summed E-state index contributed by atoms with van der Waals surface area (Å²) in [5, 5.41) is 3.24. The highest BCUT2D eigenvalue weighted by Crippen LogP contribution is 2.09. The standard InChI is InChI=1S/C11H15N5/c12-5-1-2-6-14-10-4-3-9-11(16-10)15-8-7-13-9/h3-4,7-8H,1-2,5-6,12H2,(H,14,15,16). The smallest absolute Gasteiger partial charge is 0.180 e. The highest BCUT2D eigenvalue weighted by Gasteiger charge is 1.98. The third kappa shape index (κ3) is 2.64. The number of nitrogens with one attached hydrogen (secondary N) is 1. The summed E-state index contributed by atoms with van der Waals surface area (Å²) >= 11 is 0. The molecule has 0 aromatic carbocycles. The van der Waals surface area contributed by atoms with Crippen molar-refractivity contribution in [3.05, 3.63) is 24.5 Å². The van der Waals surface area contributed by atoms with Gasteiger partial charge in [-0.1, -0.05) is 0 Å². The molecule has 0 amide bonds. The van der Waals surface area contributed by atoms with Gasteiger partial charge in [-0.2, -0.15) is 0 Å². The average Bonchev–Trinajstić information content (AvgIpc) is 2.34. The van der Waals surface area contributed by atoms with E-state index in [1.165, 1.54) is 0 Å². The Hall–Kier alpha value is -1.75. The summed E-state index contributed by atoms with van der Waals surface area (Å²) in [5.41, 5.74) is 6.91. The van der Waals surface area contributed by atoms with Crippen LogP contribution in [0.5, 0.6) is 0 Å². The lowest BCUT2D eigenvalue weighted by Gasteiger charge is -2.05. The molecule has 2 rings (SSSR count). The Kier molecular flexibility index (Phi) is 3.61. The topological polar surface area (TPSA) is 76.7 Å². The van der Waals surface area contributed by atoms with Crippen molar-refractivity contribution in [3.63, 3.8) is 0 Å². The van der Waals surface area contributed by atoms with Crippen LogP contribution >= 0.6 is 0 Å². The van der Waals surface area contributed by atoms with Crippen LogP contribution in [0.15, 0.2) is 24.5 Å². The highest BCUT2D eigenvalue weighted by molar-refractivity contribution is 5.71. The molecule has 0 unspecified atom stereocenters. The molecule has 0 aliphatic heterocycles. The van der Waals surface area contributed by atoms with Crippen LogP contribution in [0, 0.1) is 0 Å². The lowest BCUT2D eigenvalue weighted by molar-refractivity contribution is 0.772. The van der Waals surface area contributed by atoms with Gasteiger partial charge in [0.1, 0.15) is 11.3 Å². The molecule has 0 aliphatic rings. The molecule has 3 N–H and O–H groups in total. The predicted octanol–water partition coefficient (Wildman–Crippen LogP) is 1.18. The first-order valence-corrected chi connectivity index (χ1v) is 5.42. The van der Waals surface area contributed by atoms with Gasteiger partial charge in [0.2, 0.25) is 0 Å². The van der Waals surface area contributed by atoms with Crippen LogP contribution in [0.4, 0.5) is 5.82 Å². The number of fused-ring (bicyclic) bond motifs is 1. The fourth-order valence-corrected chi connectivity index (χ4v) is 1.44. The van der Waals surface area contributed by atoms with Gasteiger partial charge in [-0.3, -0.25) is 4.98 Å². The number of unbranched alkanes of at least 4 members (excludes halogenated alkanes) is 1. The molecule has 0 bridgehead atoms. The zero-order valence-electron chi connectivity index (χ0n) is 9.06. The Morgan fingerprint density at radius 1 is 1.12 bits per heavy atom. The second-order valence-corrected chi connectivity index (χ2v) is 3.52. The van der Waals surface area contributed by atoms with Crippen molar-refractivity contribution in [1.82, 2.24) is 15.0 Å². The third-order valence-corrected chi connectivity index (χ3v) is 2.27. The maximum atomic E-state index is 5.42. The van der Waals surface area contributed by atoms with Crippen molar-refractivity contribution in [3.8, 4) is 0 Å². The van der Waals surface area contributed by atoms with Gasteiger partial charge >= 0.3 is 0 Å². The Bertz CT molecular complexity index is 457. The molecule has 5 heteroatoms. The second kappa shape index (κ2) is 5.37. The van der Waals surface area contributed by atoms with Crippen molar-refractivity contribution >= 4 is 17.0 Å². The summed E-state index contributed by atoms with van der Waals surface area (Å²) in [6.45, 7) is 1.62. The van der Waals surface area contributed by atoms with Crippen LogP contribution < -0.4 is 11.1 Å². The molecule has 16 heavy (non-hydrogen) atoms. The molecule has 2 aromatic rings. The summed E-state index contributed by atoms with van der Waals surface area (Å²) < 4.78 is 0. The Morgan fingerprint density at radius 2 is 2.00 bits per heavy atom. The maximum Gasteiger partial charge on any atom is 0.180 e. The fraction of sp³-hybridized carbons (Fsp3) is 0.364. The molecule has 0 saturated heterocycles. The minimum Gasteiger partial charge on any atom is -0.370 e. The molecule has 0 spiro atoms. The first-order valence-electron chi connectivity index (χ1n) is 5.42.